The summed E-state index contributed by atoms with van der Waals surface area (Å²) in [5.41, 5.74) is 7.66. The van der Waals surface area contributed by atoms with E-state index in [-0.39, 0.29) is 18.4 Å². The predicted octanol–water partition coefficient (Wildman–Crippen LogP) is 3.76. The van der Waals surface area contributed by atoms with E-state index in [0.717, 1.165) is 18.4 Å². The zero-order chi connectivity index (χ0) is 18.8. The normalized spacial score (nSPS) is 13.2. The number of aliphatic hydroxyl groups is 1. The van der Waals surface area contributed by atoms with Gasteiger partial charge in [0.05, 0.1) is 11.7 Å². The van der Waals surface area contributed by atoms with Crippen molar-refractivity contribution in [1.29, 1.82) is 0 Å². The Morgan fingerprint density at radius 1 is 1.12 bits per heavy atom. The van der Waals surface area contributed by atoms with E-state index in [1.54, 1.807) is 12.1 Å². The van der Waals surface area contributed by atoms with Gasteiger partial charge in [-0.15, -0.1) is 0 Å². The Morgan fingerprint density at radius 3 is 2.54 bits per heavy atom. The van der Waals surface area contributed by atoms with Crippen molar-refractivity contribution in [1.82, 2.24) is 0 Å². The van der Waals surface area contributed by atoms with Gasteiger partial charge in [0.2, 0.25) is 0 Å². The molecule has 2 atom stereocenters. The van der Waals surface area contributed by atoms with Gasteiger partial charge in [-0.3, -0.25) is 4.79 Å². The van der Waals surface area contributed by atoms with E-state index in [1.807, 2.05) is 42.5 Å². The number of ether oxygens (including phenoxy) is 1. The SMILES string of the molecule is CCCC(N)CC(O)COc1ccccc1C(=O)CCc1ccccc1. The van der Waals surface area contributed by atoms with Gasteiger partial charge in [0, 0.05) is 12.5 Å². The van der Waals surface area contributed by atoms with Crippen molar-refractivity contribution in [3.8, 4) is 5.75 Å². The molecule has 3 N–H and O–H groups in total. The van der Waals surface area contributed by atoms with Crippen molar-refractivity contribution in [2.45, 2.75) is 51.2 Å². The first-order valence-electron chi connectivity index (χ1n) is 9.32. The number of para-hydroxylation sites is 1. The summed E-state index contributed by atoms with van der Waals surface area (Å²) >= 11 is 0. The smallest absolute Gasteiger partial charge is 0.166 e. The van der Waals surface area contributed by atoms with Gasteiger partial charge in [-0.1, -0.05) is 55.8 Å². The summed E-state index contributed by atoms with van der Waals surface area (Å²) in [6, 6.07) is 17.1. The van der Waals surface area contributed by atoms with Crippen LogP contribution in [0.25, 0.3) is 0 Å². The lowest BCUT2D eigenvalue weighted by Crippen LogP contribution is -2.29. The quantitative estimate of drug-likeness (QED) is 0.602. The molecule has 2 aromatic carbocycles. The fourth-order valence-electron chi connectivity index (χ4n) is 2.95. The maximum Gasteiger partial charge on any atom is 0.166 e. The van der Waals surface area contributed by atoms with Crippen LogP contribution >= 0.6 is 0 Å². The average Bonchev–Trinajstić information content (AvgIpc) is 2.65. The van der Waals surface area contributed by atoms with Crippen molar-refractivity contribution in [2.75, 3.05) is 6.61 Å². The average molecular weight is 355 g/mol. The molecule has 2 aromatic rings. The summed E-state index contributed by atoms with van der Waals surface area (Å²) in [6.07, 6.45) is 2.86. The predicted molar refractivity (Wildman–Crippen MR) is 105 cm³/mol. The number of aliphatic hydroxyl groups excluding tert-OH is 1. The van der Waals surface area contributed by atoms with E-state index >= 15 is 0 Å². The van der Waals surface area contributed by atoms with Crippen molar-refractivity contribution in [3.63, 3.8) is 0 Å². The van der Waals surface area contributed by atoms with Crippen LogP contribution in [-0.4, -0.2) is 29.6 Å². The van der Waals surface area contributed by atoms with E-state index in [2.05, 4.69) is 6.92 Å². The van der Waals surface area contributed by atoms with Gasteiger partial charge in [0.25, 0.3) is 0 Å². The summed E-state index contributed by atoms with van der Waals surface area (Å²) in [5.74, 6) is 0.565. The monoisotopic (exact) mass is 355 g/mol. The third-order valence-electron chi connectivity index (χ3n) is 4.34. The van der Waals surface area contributed by atoms with Crippen LogP contribution in [0.4, 0.5) is 0 Å². The highest BCUT2D eigenvalue weighted by molar-refractivity contribution is 5.98. The van der Waals surface area contributed by atoms with E-state index in [9.17, 15) is 9.90 Å². The minimum absolute atomic E-state index is 0.0265. The van der Waals surface area contributed by atoms with Gasteiger partial charge in [-0.25, -0.2) is 0 Å². The summed E-state index contributed by atoms with van der Waals surface area (Å²) in [4.78, 5) is 12.6. The molecule has 0 radical (unpaired) electrons. The van der Waals surface area contributed by atoms with Crippen LogP contribution in [0.3, 0.4) is 0 Å². The second-order valence-corrected chi connectivity index (χ2v) is 6.65. The van der Waals surface area contributed by atoms with Crippen molar-refractivity contribution >= 4 is 5.78 Å². The number of rotatable bonds is 11. The van der Waals surface area contributed by atoms with Crippen LogP contribution in [0.15, 0.2) is 54.6 Å². The first-order valence-corrected chi connectivity index (χ1v) is 9.32. The van der Waals surface area contributed by atoms with Crippen LogP contribution in [0.1, 0.15) is 48.5 Å². The first kappa shape index (κ1) is 20.1. The number of carbonyl (C=O) groups is 1. The van der Waals surface area contributed by atoms with Crippen molar-refractivity contribution in [2.24, 2.45) is 5.73 Å². The Labute approximate surface area is 156 Å². The Morgan fingerprint density at radius 2 is 1.81 bits per heavy atom. The highest BCUT2D eigenvalue weighted by Gasteiger charge is 2.15. The highest BCUT2D eigenvalue weighted by Crippen LogP contribution is 2.21. The number of hydrogen-bond acceptors (Lipinski definition) is 4. The van der Waals surface area contributed by atoms with Gasteiger partial charge in [0.15, 0.2) is 5.78 Å². The third-order valence-corrected chi connectivity index (χ3v) is 4.34. The lowest BCUT2D eigenvalue weighted by molar-refractivity contribution is 0.0892. The molecule has 2 rings (SSSR count). The largest absolute Gasteiger partial charge is 0.490 e. The van der Waals surface area contributed by atoms with Crippen LogP contribution in [-0.2, 0) is 6.42 Å². The van der Waals surface area contributed by atoms with Crippen LogP contribution < -0.4 is 10.5 Å². The second-order valence-electron chi connectivity index (χ2n) is 6.65. The maximum atomic E-state index is 12.6. The molecule has 140 valence electrons. The van der Waals surface area contributed by atoms with Crippen LogP contribution in [0.2, 0.25) is 0 Å². The Kier molecular flexibility index (Phi) is 8.32. The van der Waals surface area contributed by atoms with Gasteiger partial charge >= 0.3 is 0 Å². The number of nitrogens with two attached hydrogens (primary N) is 1. The molecule has 0 spiro atoms. The number of carbonyl (C=O) groups excluding carboxylic acids is 1. The van der Waals surface area contributed by atoms with Crippen molar-refractivity contribution in [3.05, 3.63) is 65.7 Å². The van der Waals surface area contributed by atoms with Crippen molar-refractivity contribution < 1.29 is 14.6 Å². The number of ketones is 1. The Balaban J connectivity index is 1.91. The van der Waals surface area contributed by atoms with Gasteiger partial charge in [0.1, 0.15) is 12.4 Å². The molecule has 2 unspecified atom stereocenters. The van der Waals surface area contributed by atoms with Gasteiger partial charge in [-0.2, -0.15) is 0 Å². The second kappa shape index (κ2) is 10.7. The molecule has 0 aliphatic carbocycles. The zero-order valence-electron chi connectivity index (χ0n) is 15.4. The molecule has 4 heteroatoms. The summed E-state index contributed by atoms with van der Waals surface area (Å²) < 4.78 is 5.72. The molecule has 0 saturated carbocycles. The molecular weight excluding hydrogens is 326 g/mol. The molecule has 0 aliphatic heterocycles. The number of benzene rings is 2. The Bertz CT molecular complexity index is 672. The molecule has 0 fully saturated rings. The van der Waals surface area contributed by atoms with Gasteiger partial charge in [-0.05, 0) is 37.0 Å². The molecule has 0 heterocycles. The number of aryl methyl sites for hydroxylation is 1. The number of Topliss-reactive ketones (excluding diaryl/α,β-unsaturated/α-hetero) is 1. The summed E-state index contributed by atoms with van der Waals surface area (Å²) in [5, 5.41) is 10.1. The van der Waals surface area contributed by atoms with E-state index in [4.69, 9.17) is 10.5 Å². The Hall–Kier alpha value is -2.17. The molecular formula is C22H29NO3. The van der Waals surface area contributed by atoms with E-state index in [0.29, 0.717) is 30.6 Å². The standard InChI is InChI=1S/C22H29NO3/c1-2-8-18(23)15-19(24)16-26-22-12-7-6-11-20(22)21(25)14-13-17-9-4-3-5-10-17/h3-7,9-12,18-19,24H,2,8,13-16,23H2,1H3. The fraction of sp³-hybridized carbons (Fsp3) is 0.409. The first-order chi connectivity index (χ1) is 12.6. The highest BCUT2D eigenvalue weighted by atomic mass is 16.5. The van der Waals surface area contributed by atoms with Gasteiger partial charge < -0.3 is 15.6 Å². The molecule has 4 nitrogen and oxygen atoms in total. The molecule has 0 amide bonds. The maximum absolute atomic E-state index is 12.6. The molecule has 0 aromatic heterocycles. The molecule has 0 aliphatic rings. The third kappa shape index (κ3) is 6.62. The van der Waals surface area contributed by atoms with Crippen LogP contribution in [0.5, 0.6) is 5.75 Å². The minimum atomic E-state index is -0.635. The van der Waals surface area contributed by atoms with Crippen LogP contribution in [0, 0.1) is 0 Å². The lowest BCUT2D eigenvalue weighted by atomic mass is 10.0. The minimum Gasteiger partial charge on any atom is -0.490 e. The summed E-state index contributed by atoms with van der Waals surface area (Å²) in [6.45, 7) is 2.21. The zero-order valence-corrected chi connectivity index (χ0v) is 15.4. The van der Waals surface area contributed by atoms with E-state index < -0.39 is 6.10 Å². The number of hydrogen-bond donors (Lipinski definition) is 2. The van der Waals surface area contributed by atoms with E-state index in [1.165, 1.54) is 0 Å². The molecule has 0 bridgehead atoms. The molecule has 0 saturated heterocycles. The summed E-state index contributed by atoms with van der Waals surface area (Å²) in [7, 11) is 0. The lowest BCUT2D eigenvalue weighted by Gasteiger charge is -2.17. The fourth-order valence-corrected chi connectivity index (χ4v) is 2.95. The topological polar surface area (TPSA) is 72.6 Å². The molecule has 26 heavy (non-hydrogen) atoms.